The van der Waals surface area contributed by atoms with Gasteiger partial charge in [0.15, 0.2) is 0 Å². The van der Waals surface area contributed by atoms with Gasteiger partial charge in [0.2, 0.25) is 0 Å². The van der Waals surface area contributed by atoms with E-state index in [9.17, 15) is 4.79 Å². The molecule has 2 aromatic rings. The summed E-state index contributed by atoms with van der Waals surface area (Å²) in [7, 11) is 1.90. The third-order valence-electron chi connectivity index (χ3n) is 4.42. The number of aromatic nitrogens is 4. The minimum absolute atomic E-state index is 0.0852. The molecule has 1 amide bonds. The van der Waals surface area contributed by atoms with Crippen molar-refractivity contribution >= 4 is 5.91 Å². The Kier molecular flexibility index (Phi) is 4.66. The summed E-state index contributed by atoms with van der Waals surface area (Å²) in [4.78, 5) is 14.5. The molecular weight excluding hydrogens is 292 g/mol. The first-order valence-electron chi connectivity index (χ1n) is 7.95. The number of piperidine rings is 1. The molecule has 1 N–H and O–H groups in total. The Morgan fingerprint density at radius 3 is 2.61 bits per heavy atom. The van der Waals surface area contributed by atoms with Crippen LogP contribution in [0.15, 0.2) is 24.3 Å². The quantitative estimate of drug-likeness (QED) is 0.905. The third kappa shape index (κ3) is 3.56. The molecule has 122 valence electrons. The predicted octanol–water partition coefficient (Wildman–Crippen LogP) is 0.854. The number of rotatable bonds is 4. The largest absolute Gasteiger partial charge is 0.339 e. The van der Waals surface area contributed by atoms with Crippen molar-refractivity contribution in [1.82, 2.24) is 30.4 Å². The van der Waals surface area contributed by atoms with E-state index in [1.54, 1.807) is 4.68 Å². The van der Waals surface area contributed by atoms with Gasteiger partial charge in [0, 0.05) is 18.7 Å². The fraction of sp³-hybridized carbons (Fsp3) is 0.500. The lowest BCUT2D eigenvalue weighted by atomic mass is 10.0. The molecule has 2 heterocycles. The van der Waals surface area contributed by atoms with Crippen LogP contribution in [0.5, 0.6) is 0 Å². The van der Waals surface area contributed by atoms with E-state index in [1.165, 1.54) is 0 Å². The molecule has 1 aromatic heterocycles. The Bertz CT molecular complexity index is 659. The topological polar surface area (TPSA) is 75.9 Å². The second-order valence-electron chi connectivity index (χ2n) is 5.98. The zero-order valence-corrected chi connectivity index (χ0v) is 13.6. The van der Waals surface area contributed by atoms with Crippen molar-refractivity contribution in [3.8, 4) is 0 Å². The van der Waals surface area contributed by atoms with Crippen molar-refractivity contribution in [3.63, 3.8) is 0 Å². The van der Waals surface area contributed by atoms with E-state index in [2.05, 4.69) is 20.8 Å². The normalized spacial score (nSPS) is 15.6. The van der Waals surface area contributed by atoms with E-state index < -0.39 is 0 Å². The van der Waals surface area contributed by atoms with Gasteiger partial charge in [-0.05, 0) is 61.0 Å². The lowest BCUT2D eigenvalue weighted by molar-refractivity contribution is 0.0703. The maximum atomic E-state index is 12.6. The average Bonchev–Trinajstić information content (AvgIpc) is 3.00. The zero-order chi connectivity index (χ0) is 16.2. The van der Waals surface area contributed by atoms with Gasteiger partial charge in [-0.2, -0.15) is 0 Å². The number of hydrogen-bond acceptors (Lipinski definition) is 5. The first-order chi connectivity index (χ1) is 11.1. The van der Waals surface area contributed by atoms with Crippen LogP contribution in [0.3, 0.4) is 0 Å². The number of nitrogens with one attached hydrogen (secondary N) is 1. The molecule has 1 fully saturated rings. The summed E-state index contributed by atoms with van der Waals surface area (Å²) >= 11 is 0. The summed E-state index contributed by atoms with van der Waals surface area (Å²) < 4.78 is 1.73. The maximum absolute atomic E-state index is 12.6. The van der Waals surface area contributed by atoms with Gasteiger partial charge in [0.25, 0.3) is 5.91 Å². The highest BCUT2D eigenvalue weighted by Crippen LogP contribution is 2.15. The van der Waals surface area contributed by atoms with Crippen LogP contribution in [0.4, 0.5) is 0 Å². The van der Waals surface area contributed by atoms with Crippen molar-refractivity contribution in [2.24, 2.45) is 0 Å². The van der Waals surface area contributed by atoms with Crippen molar-refractivity contribution in [2.45, 2.75) is 32.4 Å². The molecule has 23 heavy (non-hydrogen) atoms. The lowest BCUT2D eigenvalue weighted by Gasteiger charge is -2.31. The predicted molar refractivity (Wildman–Crippen MR) is 86.1 cm³/mol. The molecule has 0 aliphatic carbocycles. The van der Waals surface area contributed by atoms with Crippen LogP contribution in [0.1, 0.15) is 34.6 Å². The maximum Gasteiger partial charge on any atom is 0.253 e. The molecule has 0 spiro atoms. The van der Waals surface area contributed by atoms with Gasteiger partial charge >= 0.3 is 0 Å². The van der Waals surface area contributed by atoms with Crippen LogP contribution in [-0.2, 0) is 6.54 Å². The van der Waals surface area contributed by atoms with Crippen LogP contribution in [0.25, 0.3) is 0 Å². The summed E-state index contributed by atoms with van der Waals surface area (Å²) in [6.45, 7) is 4.43. The summed E-state index contributed by atoms with van der Waals surface area (Å²) in [6, 6.07) is 8.02. The van der Waals surface area contributed by atoms with E-state index in [-0.39, 0.29) is 5.91 Å². The van der Waals surface area contributed by atoms with Crippen LogP contribution in [-0.4, -0.2) is 57.2 Å². The van der Waals surface area contributed by atoms with E-state index in [0.29, 0.717) is 12.6 Å². The standard InChI is InChI=1S/C16H22N6O/c1-12-18-19-20-22(12)11-13-3-5-14(6-4-13)16(23)21(2)15-7-9-17-10-8-15/h3-6,15,17H,7-11H2,1-2H3. The van der Waals surface area contributed by atoms with Gasteiger partial charge in [0.05, 0.1) is 6.54 Å². The first kappa shape index (κ1) is 15.6. The molecule has 7 nitrogen and oxygen atoms in total. The zero-order valence-electron chi connectivity index (χ0n) is 13.6. The smallest absolute Gasteiger partial charge is 0.253 e. The van der Waals surface area contributed by atoms with Crippen LogP contribution >= 0.6 is 0 Å². The number of nitrogens with zero attached hydrogens (tertiary/aromatic N) is 5. The molecule has 0 radical (unpaired) electrons. The number of hydrogen-bond donors (Lipinski definition) is 1. The molecular formula is C16H22N6O. The Labute approximate surface area is 135 Å². The third-order valence-corrected chi connectivity index (χ3v) is 4.42. The lowest BCUT2D eigenvalue weighted by Crippen LogP contribution is -2.43. The highest BCUT2D eigenvalue weighted by molar-refractivity contribution is 5.94. The fourth-order valence-electron chi connectivity index (χ4n) is 2.88. The summed E-state index contributed by atoms with van der Waals surface area (Å²) in [6.07, 6.45) is 2.03. The number of tetrazole rings is 1. The van der Waals surface area contributed by atoms with Crippen LogP contribution in [0.2, 0.25) is 0 Å². The number of carbonyl (C=O) groups excluding carboxylic acids is 1. The van der Waals surface area contributed by atoms with E-state index in [0.717, 1.165) is 42.9 Å². The van der Waals surface area contributed by atoms with Crippen molar-refractivity contribution in [2.75, 3.05) is 20.1 Å². The van der Waals surface area contributed by atoms with Gasteiger partial charge in [-0.1, -0.05) is 12.1 Å². The van der Waals surface area contributed by atoms with Crippen molar-refractivity contribution in [3.05, 3.63) is 41.2 Å². The minimum Gasteiger partial charge on any atom is -0.339 e. The van der Waals surface area contributed by atoms with E-state index in [4.69, 9.17) is 0 Å². The van der Waals surface area contributed by atoms with Gasteiger partial charge in [0.1, 0.15) is 5.82 Å². The van der Waals surface area contributed by atoms with Gasteiger partial charge in [-0.3, -0.25) is 4.79 Å². The molecule has 0 unspecified atom stereocenters. The molecule has 3 rings (SSSR count). The van der Waals surface area contributed by atoms with Gasteiger partial charge < -0.3 is 10.2 Å². The highest BCUT2D eigenvalue weighted by atomic mass is 16.2. The van der Waals surface area contributed by atoms with E-state index >= 15 is 0 Å². The minimum atomic E-state index is 0.0852. The van der Waals surface area contributed by atoms with Crippen molar-refractivity contribution in [1.29, 1.82) is 0 Å². The second kappa shape index (κ2) is 6.87. The molecule has 7 heteroatoms. The number of carbonyl (C=O) groups is 1. The van der Waals surface area contributed by atoms with E-state index in [1.807, 2.05) is 43.1 Å². The summed E-state index contributed by atoms with van der Waals surface area (Å²) in [5, 5.41) is 14.8. The fourth-order valence-corrected chi connectivity index (χ4v) is 2.88. The van der Waals surface area contributed by atoms with Crippen molar-refractivity contribution < 1.29 is 4.79 Å². The van der Waals surface area contributed by atoms with Gasteiger partial charge in [-0.25, -0.2) is 4.68 Å². The Balaban J connectivity index is 1.66. The Morgan fingerprint density at radius 1 is 1.30 bits per heavy atom. The van der Waals surface area contributed by atoms with Gasteiger partial charge in [-0.15, -0.1) is 5.10 Å². The summed E-state index contributed by atoms with van der Waals surface area (Å²) in [5.74, 6) is 0.859. The molecule has 0 atom stereocenters. The highest BCUT2D eigenvalue weighted by Gasteiger charge is 2.22. The molecule has 1 aliphatic rings. The number of aryl methyl sites for hydroxylation is 1. The average molecular weight is 314 g/mol. The second-order valence-corrected chi connectivity index (χ2v) is 5.98. The molecule has 1 aliphatic heterocycles. The molecule has 1 saturated heterocycles. The van der Waals surface area contributed by atoms with Crippen LogP contribution < -0.4 is 5.32 Å². The Morgan fingerprint density at radius 2 is 2.00 bits per heavy atom. The number of benzene rings is 1. The first-order valence-corrected chi connectivity index (χ1v) is 7.95. The summed E-state index contributed by atoms with van der Waals surface area (Å²) in [5.41, 5.74) is 1.80. The molecule has 1 aromatic carbocycles. The monoisotopic (exact) mass is 314 g/mol. The number of amides is 1. The van der Waals surface area contributed by atoms with Crippen LogP contribution in [0, 0.1) is 6.92 Å². The molecule has 0 bridgehead atoms. The SMILES string of the molecule is Cc1nnnn1Cc1ccc(C(=O)N(C)C2CCNCC2)cc1. The molecule has 0 saturated carbocycles. The Hall–Kier alpha value is -2.28.